The number of aromatic nitrogens is 1. The van der Waals surface area contributed by atoms with Crippen molar-refractivity contribution in [2.45, 2.75) is 25.3 Å². The molecule has 2 rings (SSSR count). The van der Waals surface area contributed by atoms with Crippen LogP contribution in [0.2, 0.25) is 0 Å². The molecule has 3 nitrogen and oxygen atoms in total. The van der Waals surface area contributed by atoms with Gasteiger partial charge in [-0.2, -0.15) is 0 Å². The molecular formula is C9H14N2OS. The summed E-state index contributed by atoms with van der Waals surface area (Å²) in [6.45, 7) is 3.50. The molecule has 13 heavy (non-hydrogen) atoms. The third-order valence-electron chi connectivity index (χ3n) is 2.33. The third-order valence-corrected chi connectivity index (χ3v) is 3.24. The van der Waals surface area contributed by atoms with E-state index in [-0.39, 0.29) is 5.54 Å². The van der Waals surface area contributed by atoms with E-state index in [1.165, 1.54) is 4.88 Å². The Balaban J connectivity index is 2.04. The molecule has 1 aromatic heterocycles. The molecule has 2 N–H and O–H groups in total. The molecule has 0 radical (unpaired) electrons. The lowest BCUT2D eigenvalue weighted by atomic mass is 9.95. The topological polar surface area (TPSA) is 48.1 Å². The number of aryl methyl sites for hydroxylation is 1. The predicted molar refractivity (Wildman–Crippen MR) is 52.9 cm³/mol. The van der Waals surface area contributed by atoms with Gasteiger partial charge in [0.05, 0.1) is 11.6 Å². The molecule has 4 heteroatoms. The Morgan fingerprint density at radius 3 is 3.15 bits per heavy atom. The van der Waals surface area contributed by atoms with Crippen molar-refractivity contribution < 1.29 is 4.74 Å². The Morgan fingerprint density at radius 1 is 1.77 bits per heavy atom. The zero-order valence-corrected chi connectivity index (χ0v) is 8.56. The molecule has 1 fully saturated rings. The normalized spacial score (nSPS) is 28.2. The first kappa shape index (κ1) is 9.12. The van der Waals surface area contributed by atoms with Crippen LogP contribution < -0.4 is 5.73 Å². The lowest BCUT2D eigenvalue weighted by molar-refractivity contribution is 0.178. The van der Waals surface area contributed by atoms with Gasteiger partial charge >= 0.3 is 0 Å². The third kappa shape index (κ3) is 2.07. The lowest BCUT2D eigenvalue weighted by Gasteiger charge is -2.19. The molecule has 2 heterocycles. The first-order valence-electron chi connectivity index (χ1n) is 4.46. The number of hydrogen-bond acceptors (Lipinski definition) is 4. The van der Waals surface area contributed by atoms with Gasteiger partial charge in [0.2, 0.25) is 0 Å². The van der Waals surface area contributed by atoms with Gasteiger partial charge in [-0.1, -0.05) is 0 Å². The minimum absolute atomic E-state index is 0.140. The van der Waals surface area contributed by atoms with Crippen molar-refractivity contribution in [3.63, 3.8) is 0 Å². The van der Waals surface area contributed by atoms with Gasteiger partial charge in [0.1, 0.15) is 0 Å². The first-order chi connectivity index (χ1) is 6.18. The number of hydrogen-bond donors (Lipinski definition) is 1. The van der Waals surface area contributed by atoms with Crippen molar-refractivity contribution in [2.24, 2.45) is 5.73 Å². The molecule has 0 saturated carbocycles. The second-order valence-corrected chi connectivity index (χ2v) is 5.01. The standard InChI is InChI=1S/C9H14N2OS/c1-7-11-5-8(13-7)4-9(10)2-3-12-6-9/h5H,2-4,6,10H2,1H3. The predicted octanol–water partition coefficient (Wildman–Crippen LogP) is 1.11. The number of rotatable bonds is 2. The molecule has 0 amide bonds. The smallest absolute Gasteiger partial charge is 0.0896 e. The van der Waals surface area contributed by atoms with Crippen LogP contribution in [-0.2, 0) is 11.2 Å². The number of nitrogens with zero attached hydrogens (tertiary/aromatic N) is 1. The van der Waals surface area contributed by atoms with Gasteiger partial charge in [-0.05, 0) is 13.3 Å². The molecular weight excluding hydrogens is 184 g/mol. The van der Waals surface area contributed by atoms with Crippen molar-refractivity contribution >= 4 is 11.3 Å². The average molecular weight is 198 g/mol. The monoisotopic (exact) mass is 198 g/mol. The van der Waals surface area contributed by atoms with Gasteiger partial charge in [0.25, 0.3) is 0 Å². The van der Waals surface area contributed by atoms with Crippen LogP contribution in [0.25, 0.3) is 0 Å². The fourth-order valence-electron chi connectivity index (χ4n) is 1.60. The second-order valence-electron chi connectivity index (χ2n) is 3.69. The van der Waals surface area contributed by atoms with Gasteiger partial charge in [-0.3, -0.25) is 0 Å². The van der Waals surface area contributed by atoms with E-state index in [9.17, 15) is 0 Å². The Hall–Kier alpha value is -0.450. The van der Waals surface area contributed by atoms with E-state index in [4.69, 9.17) is 10.5 Å². The maximum Gasteiger partial charge on any atom is 0.0896 e. The van der Waals surface area contributed by atoms with E-state index in [1.807, 2.05) is 13.1 Å². The second kappa shape index (κ2) is 3.36. The summed E-state index contributed by atoms with van der Waals surface area (Å²) in [6.07, 6.45) is 3.79. The molecule has 0 aliphatic carbocycles. The van der Waals surface area contributed by atoms with Gasteiger partial charge in [-0.25, -0.2) is 4.98 Å². The summed E-state index contributed by atoms with van der Waals surface area (Å²) in [4.78, 5) is 5.48. The van der Waals surface area contributed by atoms with Crippen LogP contribution in [0, 0.1) is 6.92 Å². The SMILES string of the molecule is Cc1ncc(CC2(N)CCOC2)s1. The van der Waals surface area contributed by atoms with E-state index < -0.39 is 0 Å². The molecule has 1 atom stereocenters. The quantitative estimate of drug-likeness (QED) is 0.774. The Morgan fingerprint density at radius 2 is 2.62 bits per heavy atom. The largest absolute Gasteiger partial charge is 0.379 e. The van der Waals surface area contributed by atoms with Crippen LogP contribution >= 0.6 is 11.3 Å². The molecule has 0 aromatic carbocycles. The van der Waals surface area contributed by atoms with Gasteiger partial charge < -0.3 is 10.5 Å². The van der Waals surface area contributed by atoms with Gasteiger partial charge in [0, 0.05) is 29.6 Å². The maximum absolute atomic E-state index is 6.15. The summed E-state index contributed by atoms with van der Waals surface area (Å²) in [7, 11) is 0. The molecule has 72 valence electrons. The Labute approximate surface area is 81.9 Å². The van der Waals surface area contributed by atoms with E-state index in [0.29, 0.717) is 6.61 Å². The van der Waals surface area contributed by atoms with Crippen molar-refractivity contribution in [3.05, 3.63) is 16.1 Å². The minimum atomic E-state index is -0.140. The lowest BCUT2D eigenvalue weighted by Crippen LogP contribution is -2.42. The summed E-state index contributed by atoms with van der Waals surface area (Å²) >= 11 is 1.73. The van der Waals surface area contributed by atoms with Gasteiger partial charge in [-0.15, -0.1) is 11.3 Å². The highest BCUT2D eigenvalue weighted by atomic mass is 32.1. The van der Waals surface area contributed by atoms with E-state index in [1.54, 1.807) is 11.3 Å². The molecule has 1 aromatic rings. The summed E-state index contributed by atoms with van der Waals surface area (Å²) in [5.74, 6) is 0. The van der Waals surface area contributed by atoms with Crippen LogP contribution in [0.1, 0.15) is 16.3 Å². The maximum atomic E-state index is 6.15. The molecule has 1 saturated heterocycles. The average Bonchev–Trinajstić information content (AvgIpc) is 2.62. The zero-order chi connectivity index (χ0) is 9.31. The van der Waals surface area contributed by atoms with Crippen LogP contribution in [0.3, 0.4) is 0 Å². The molecule has 1 unspecified atom stereocenters. The highest BCUT2D eigenvalue weighted by Gasteiger charge is 2.30. The summed E-state index contributed by atoms with van der Waals surface area (Å²) in [5, 5.41) is 1.11. The summed E-state index contributed by atoms with van der Waals surface area (Å²) in [6, 6.07) is 0. The van der Waals surface area contributed by atoms with Crippen molar-refractivity contribution in [2.75, 3.05) is 13.2 Å². The van der Waals surface area contributed by atoms with Crippen molar-refractivity contribution in [3.8, 4) is 0 Å². The Bertz CT molecular complexity index is 292. The van der Waals surface area contributed by atoms with Crippen molar-refractivity contribution in [1.29, 1.82) is 0 Å². The number of ether oxygens (including phenoxy) is 1. The Kier molecular flexibility index (Phi) is 2.36. The fraction of sp³-hybridized carbons (Fsp3) is 0.667. The summed E-state index contributed by atoms with van der Waals surface area (Å²) < 4.78 is 5.30. The highest BCUT2D eigenvalue weighted by molar-refractivity contribution is 7.11. The summed E-state index contributed by atoms with van der Waals surface area (Å²) in [5.41, 5.74) is 6.01. The highest BCUT2D eigenvalue weighted by Crippen LogP contribution is 2.23. The first-order valence-corrected chi connectivity index (χ1v) is 5.28. The van der Waals surface area contributed by atoms with Crippen LogP contribution in [0.15, 0.2) is 6.20 Å². The van der Waals surface area contributed by atoms with Crippen LogP contribution in [-0.4, -0.2) is 23.7 Å². The minimum Gasteiger partial charge on any atom is -0.379 e. The van der Waals surface area contributed by atoms with E-state index in [0.717, 1.165) is 24.5 Å². The van der Waals surface area contributed by atoms with Gasteiger partial charge in [0.15, 0.2) is 0 Å². The molecule has 1 aliphatic rings. The number of nitrogens with two attached hydrogens (primary N) is 1. The van der Waals surface area contributed by atoms with E-state index >= 15 is 0 Å². The molecule has 0 spiro atoms. The van der Waals surface area contributed by atoms with Crippen LogP contribution in [0.4, 0.5) is 0 Å². The van der Waals surface area contributed by atoms with Crippen molar-refractivity contribution in [1.82, 2.24) is 4.98 Å². The molecule has 1 aliphatic heterocycles. The zero-order valence-electron chi connectivity index (χ0n) is 7.75. The fourth-order valence-corrected chi connectivity index (χ4v) is 2.55. The molecule has 0 bridgehead atoms. The van der Waals surface area contributed by atoms with E-state index in [2.05, 4.69) is 4.98 Å². The van der Waals surface area contributed by atoms with Crippen LogP contribution in [0.5, 0.6) is 0 Å². The number of thiazole rings is 1.